The molecule has 0 aromatic heterocycles. The first-order valence-corrected chi connectivity index (χ1v) is 7.71. The maximum Gasteiger partial charge on any atom is 0.243 e. The fraction of sp³-hybridized carbons (Fsp3) is 0.538. The normalized spacial score (nSPS) is 13.8. The van der Waals surface area contributed by atoms with E-state index in [2.05, 4.69) is 4.72 Å². The summed E-state index contributed by atoms with van der Waals surface area (Å²) in [5, 5.41) is 9.00. The number of nitrogens with one attached hydrogen (secondary N) is 1. The molecule has 1 aromatic rings. The lowest BCUT2D eigenvalue weighted by Crippen LogP contribution is -2.38. The number of aliphatic hydroxyl groups is 1. The van der Waals surface area contributed by atoms with Gasteiger partial charge >= 0.3 is 0 Å². The largest absolute Gasteiger partial charge is 0.392 e. The molecule has 0 saturated heterocycles. The van der Waals surface area contributed by atoms with E-state index in [1.807, 2.05) is 20.8 Å². The Balaban J connectivity index is 3.13. The summed E-state index contributed by atoms with van der Waals surface area (Å²) < 4.78 is 40.5. The zero-order chi connectivity index (χ0) is 14.6. The minimum Gasteiger partial charge on any atom is -0.392 e. The van der Waals surface area contributed by atoms with Gasteiger partial charge in [-0.3, -0.25) is 0 Å². The molecular formula is C13H20FNO3S. The number of hydrogen-bond donors (Lipinski definition) is 2. The highest BCUT2D eigenvalue weighted by Gasteiger charge is 2.24. The summed E-state index contributed by atoms with van der Waals surface area (Å²) in [6.45, 7) is 5.34. The van der Waals surface area contributed by atoms with Crippen molar-refractivity contribution < 1.29 is 17.9 Å². The van der Waals surface area contributed by atoms with E-state index in [1.165, 1.54) is 6.07 Å². The molecule has 19 heavy (non-hydrogen) atoms. The first-order valence-electron chi connectivity index (χ1n) is 6.23. The first kappa shape index (κ1) is 16.1. The van der Waals surface area contributed by atoms with Crippen molar-refractivity contribution in [2.75, 3.05) is 0 Å². The molecule has 108 valence electrons. The Hall–Kier alpha value is -0.980. The van der Waals surface area contributed by atoms with Crippen molar-refractivity contribution in [3.05, 3.63) is 29.6 Å². The lowest BCUT2D eigenvalue weighted by molar-refractivity contribution is 0.281. The van der Waals surface area contributed by atoms with E-state index in [9.17, 15) is 12.8 Å². The molecule has 0 aliphatic rings. The van der Waals surface area contributed by atoms with Crippen LogP contribution in [-0.4, -0.2) is 19.6 Å². The molecule has 0 spiro atoms. The molecule has 0 aliphatic heterocycles. The van der Waals surface area contributed by atoms with Crippen molar-refractivity contribution >= 4 is 10.0 Å². The van der Waals surface area contributed by atoms with Gasteiger partial charge < -0.3 is 5.11 Å². The van der Waals surface area contributed by atoms with Gasteiger partial charge in [0, 0.05) is 6.04 Å². The smallest absolute Gasteiger partial charge is 0.243 e. The summed E-state index contributed by atoms with van der Waals surface area (Å²) in [6.07, 6.45) is 0.623. The van der Waals surface area contributed by atoms with Crippen LogP contribution in [-0.2, 0) is 16.6 Å². The number of hydrogen-bond acceptors (Lipinski definition) is 3. The van der Waals surface area contributed by atoms with Crippen LogP contribution < -0.4 is 4.72 Å². The van der Waals surface area contributed by atoms with E-state index in [-0.39, 0.29) is 18.6 Å². The summed E-state index contributed by atoms with van der Waals surface area (Å²) in [6, 6.07) is 3.32. The molecule has 0 aliphatic carbocycles. The van der Waals surface area contributed by atoms with Gasteiger partial charge in [-0.15, -0.1) is 0 Å². The maximum atomic E-state index is 13.7. The van der Waals surface area contributed by atoms with Gasteiger partial charge in [-0.2, -0.15) is 0 Å². The highest BCUT2D eigenvalue weighted by Crippen LogP contribution is 2.18. The van der Waals surface area contributed by atoms with E-state index >= 15 is 0 Å². The van der Waals surface area contributed by atoms with Crippen LogP contribution in [0.1, 0.15) is 32.8 Å². The summed E-state index contributed by atoms with van der Waals surface area (Å²) in [5.41, 5.74) is 0.361. The number of rotatable bonds is 6. The molecular weight excluding hydrogens is 269 g/mol. The minimum absolute atomic E-state index is 0.115. The predicted octanol–water partition coefficient (Wildman–Crippen LogP) is 2.03. The Bertz CT molecular complexity index is 529. The summed E-state index contributed by atoms with van der Waals surface area (Å²) in [7, 11) is -3.92. The number of halogens is 1. The van der Waals surface area contributed by atoms with Crippen LogP contribution in [0.3, 0.4) is 0 Å². The fourth-order valence-corrected chi connectivity index (χ4v) is 3.40. The molecule has 1 aromatic carbocycles. The highest BCUT2D eigenvalue weighted by atomic mass is 32.2. The monoisotopic (exact) mass is 289 g/mol. The summed E-state index contributed by atoms with van der Waals surface area (Å²) in [5.74, 6) is -0.702. The van der Waals surface area contributed by atoms with Gasteiger partial charge in [-0.05, 0) is 30.0 Å². The Morgan fingerprint density at radius 1 is 1.37 bits per heavy atom. The van der Waals surface area contributed by atoms with E-state index < -0.39 is 20.7 Å². The van der Waals surface area contributed by atoms with Crippen molar-refractivity contribution in [1.29, 1.82) is 0 Å². The highest BCUT2D eigenvalue weighted by molar-refractivity contribution is 7.89. The van der Waals surface area contributed by atoms with Crippen molar-refractivity contribution in [2.24, 2.45) is 5.92 Å². The van der Waals surface area contributed by atoms with Gasteiger partial charge in [0.15, 0.2) is 0 Å². The van der Waals surface area contributed by atoms with Crippen molar-refractivity contribution in [1.82, 2.24) is 4.72 Å². The van der Waals surface area contributed by atoms with Gasteiger partial charge in [0.05, 0.1) is 6.61 Å². The quantitative estimate of drug-likeness (QED) is 0.842. The van der Waals surface area contributed by atoms with Crippen LogP contribution in [0.4, 0.5) is 4.39 Å². The van der Waals surface area contributed by atoms with Crippen LogP contribution in [0.25, 0.3) is 0 Å². The van der Waals surface area contributed by atoms with Gasteiger partial charge in [0.1, 0.15) is 10.7 Å². The molecule has 1 unspecified atom stereocenters. The van der Waals surface area contributed by atoms with Gasteiger partial charge in [-0.25, -0.2) is 17.5 Å². The lowest BCUT2D eigenvalue weighted by atomic mass is 10.0. The molecule has 0 saturated carbocycles. The van der Waals surface area contributed by atoms with Crippen LogP contribution >= 0.6 is 0 Å². The molecule has 4 nitrogen and oxygen atoms in total. The van der Waals surface area contributed by atoms with Crippen LogP contribution in [0.15, 0.2) is 23.1 Å². The lowest BCUT2D eigenvalue weighted by Gasteiger charge is -2.20. The average Bonchev–Trinajstić information content (AvgIpc) is 2.36. The molecule has 2 N–H and O–H groups in total. The zero-order valence-electron chi connectivity index (χ0n) is 11.4. The third kappa shape index (κ3) is 3.99. The Kier molecular flexibility index (Phi) is 5.46. The molecule has 0 fully saturated rings. The number of sulfonamides is 1. The minimum atomic E-state index is -3.92. The average molecular weight is 289 g/mol. The predicted molar refractivity (Wildman–Crippen MR) is 71.6 cm³/mol. The molecule has 0 radical (unpaired) electrons. The second-order valence-electron chi connectivity index (χ2n) is 4.80. The number of benzene rings is 1. The molecule has 6 heteroatoms. The Labute approximate surface area is 113 Å². The second kappa shape index (κ2) is 6.45. The van der Waals surface area contributed by atoms with Crippen molar-refractivity contribution in [3.8, 4) is 0 Å². The maximum absolute atomic E-state index is 13.7. The van der Waals surface area contributed by atoms with Gasteiger partial charge in [-0.1, -0.05) is 26.8 Å². The molecule has 0 bridgehead atoms. The summed E-state index contributed by atoms with van der Waals surface area (Å²) in [4.78, 5) is -0.418. The van der Waals surface area contributed by atoms with Gasteiger partial charge in [0.2, 0.25) is 10.0 Å². The molecule has 0 heterocycles. The van der Waals surface area contributed by atoms with Crippen molar-refractivity contribution in [3.63, 3.8) is 0 Å². The summed E-state index contributed by atoms with van der Waals surface area (Å²) >= 11 is 0. The third-order valence-corrected chi connectivity index (χ3v) is 4.52. The van der Waals surface area contributed by atoms with Crippen LogP contribution in [0.5, 0.6) is 0 Å². The molecule has 1 atom stereocenters. The zero-order valence-corrected chi connectivity index (χ0v) is 12.2. The standard InChI is InChI=1S/C13H20FNO3S/c1-4-12(9(2)3)15-19(17,18)13-7-10(8-16)5-6-11(13)14/h5-7,9,12,15-16H,4,8H2,1-3H3. The fourth-order valence-electron chi connectivity index (χ4n) is 1.81. The Morgan fingerprint density at radius 3 is 2.47 bits per heavy atom. The first-order chi connectivity index (χ1) is 8.81. The topological polar surface area (TPSA) is 66.4 Å². The van der Waals surface area contributed by atoms with E-state index in [1.54, 1.807) is 0 Å². The van der Waals surface area contributed by atoms with Crippen molar-refractivity contribution in [2.45, 2.75) is 44.7 Å². The van der Waals surface area contributed by atoms with E-state index in [4.69, 9.17) is 5.11 Å². The van der Waals surface area contributed by atoms with Gasteiger partial charge in [0.25, 0.3) is 0 Å². The van der Waals surface area contributed by atoms with E-state index in [0.29, 0.717) is 12.0 Å². The molecule has 0 amide bonds. The molecule has 1 rings (SSSR count). The van der Waals surface area contributed by atoms with Crippen LogP contribution in [0.2, 0.25) is 0 Å². The SMILES string of the molecule is CCC(NS(=O)(=O)c1cc(CO)ccc1F)C(C)C. The number of aliphatic hydroxyl groups excluding tert-OH is 1. The van der Waals surface area contributed by atoms with Crippen LogP contribution in [0, 0.1) is 11.7 Å². The van der Waals surface area contributed by atoms with E-state index in [0.717, 1.165) is 12.1 Å². The second-order valence-corrected chi connectivity index (χ2v) is 6.49. The third-order valence-electron chi connectivity index (χ3n) is 3.02. The Morgan fingerprint density at radius 2 is 2.00 bits per heavy atom.